The van der Waals surface area contributed by atoms with Crippen LogP contribution < -0.4 is 0 Å². The van der Waals surface area contributed by atoms with Crippen LogP contribution in [0.3, 0.4) is 0 Å². The largest absolute Gasteiger partial charge is 0.396 e. The van der Waals surface area contributed by atoms with Gasteiger partial charge in [0.15, 0.2) is 0 Å². The molecule has 3 heteroatoms. The van der Waals surface area contributed by atoms with Gasteiger partial charge in [0.1, 0.15) is 0 Å². The quantitative estimate of drug-likeness (QED) is 0.790. The van der Waals surface area contributed by atoms with Crippen molar-refractivity contribution >= 4 is 0 Å². The van der Waals surface area contributed by atoms with Crippen LogP contribution in [0.15, 0.2) is 0 Å². The number of hydrogen-bond donors (Lipinski definition) is 1. The summed E-state index contributed by atoms with van der Waals surface area (Å²) in [6.45, 7) is 10.8. The minimum Gasteiger partial charge on any atom is -0.396 e. The van der Waals surface area contributed by atoms with Crippen LogP contribution in [-0.4, -0.2) is 60.3 Å². The lowest BCUT2D eigenvalue weighted by Gasteiger charge is -2.42. The van der Waals surface area contributed by atoms with E-state index in [1.807, 2.05) is 0 Å². The van der Waals surface area contributed by atoms with E-state index in [9.17, 15) is 5.11 Å². The maximum atomic E-state index is 9.66. The number of piperazine rings is 1. The van der Waals surface area contributed by atoms with E-state index in [1.165, 1.54) is 39.0 Å². The molecule has 0 bridgehead atoms. The normalized spacial score (nSPS) is 27.4. The second kappa shape index (κ2) is 5.68. The third-order valence-electron chi connectivity index (χ3n) is 5.07. The van der Waals surface area contributed by atoms with Crippen LogP contribution in [0.25, 0.3) is 0 Å². The fourth-order valence-electron chi connectivity index (χ4n) is 3.42. The molecule has 0 aromatic carbocycles. The standard InChI is InChI=1S/C14H28N2O/c1-3-14(4-2,12-17)11-15-8-9-16-7-5-6-13(16)10-15/h13,17H,3-12H2,1-2H3. The minimum absolute atomic E-state index is 0.140. The predicted octanol–water partition coefficient (Wildman–Crippen LogP) is 1.57. The first-order valence-electron chi connectivity index (χ1n) is 7.30. The van der Waals surface area contributed by atoms with Crippen molar-refractivity contribution in [1.82, 2.24) is 9.80 Å². The molecule has 0 aliphatic carbocycles. The first-order valence-corrected chi connectivity index (χ1v) is 7.30. The molecule has 1 unspecified atom stereocenters. The average Bonchev–Trinajstić information content (AvgIpc) is 2.83. The Morgan fingerprint density at radius 1 is 1.18 bits per heavy atom. The highest BCUT2D eigenvalue weighted by Crippen LogP contribution is 2.29. The molecule has 0 radical (unpaired) electrons. The highest BCUT2D eigenvalue weighted by atomic mass is 16.3. The number of aliphatic hydroxyl groups is 1. The maximum absolute atomic E-state index is 9.66. The fraction of sp³-hybridized carbons (Fsp3) is 1.00. The molecule has 17 heavy (non-hydrogen) atoms. The smallest absolute Gasteiger partial charge is 0.0499 e. The molecular formula is C14H28N2O. The minimum atomic E-state index is 0.140. The third kappa shape index (κ3) is 2.83. The molecule has 0 amide bonds. The number of aliphatic hydroxyl groups excluding tert-OH is 1. The van der Waals surface area contributed by atoms with E-state index in [2.05, 4.69) is 23.6 Å². The van der Waals surface area contributed by atoms with E-state index in [1.54, 1.807) is 0 Å². The van der Waals surface area contributed by atoms with E-state index in [0.717, 1.165) is 25.4 Å². The van der Waals surface area contributed by atoms with Gasteiger partial charge in [-0.1, -0.05) is 13.8 Å². The van der Waals surface area contributed by atoms with Crippen molar-refractivity contribution < 1.29 is 5.11 Å². The van der Waals surface area contributed by atoms with Crippen molar-refractivity contribution in [3.05, 3.63) is 0 Å². The zero-order chi connectivity index (χ0) is 12.3. The fourth-order valence-corrected chi connectivity index (χ4v) is 3.42. The van der Waals surface area contributed by atoms with Crippen LogP contribution in [0, 0.1) is 5.41 Å². The maximum Gasteiger partial charge on any atom is 0.0499 e. The van der Waals surface area contributed by atoms with Crippen LogP contribution >= 0.6 is 0 Å². The first-order chi connectivity index (χ1) is 8.23. The molecule has 2 saturated heterocycles. The Kier molecular flexibility index (Phi) is 4.45. The molecule has 0 spiro atoms. The monoisotopic (exact) mass is 240 g/mol. The number of fused-ring (bicyclic) bond motifs is 1. The molecule has 2 aliphatic heterocycles. The van der Waals surface area contributed by atoms with Crippen molar-refractivity contribution in [2.75, 3.05) is 39.3 Å². The molecule has 0 aromatic heterocycles. The van der Waals surface area contributed by atoms with E-state index in [-0.39, 0.29) is 5.41 Å². The van der Waals surface area contributed by atoms with E-state index < -0.39 is 0 Å². The molecule has 0 aromatic rings. The summed E-state index contributed by atoms with van der Waals surface area (Å²) in [6, 6.07) is 0.800. The molecule has 2 fully saturated rings. The summed E-state index contributed by atoms with van der Waals surface area (Å²) in [5, 5.41) is 9.66. The molecule has 1 N–H and O–H groups in total. The van der Waals surface area contributed by atoms with Gasteiger partial charge in [0, 0.05) is 44.2 Å². The van der Waals surface area contributed by atoms with Crippen molar-refractivity contribution in [3.63, 3.8) is 0 Å². The second-order valence-corrected chi connectivity index (χ2v) is 5.93. The van der Waals surface area contributed by atoms with Gasteiger partial charge in [-0.05, 0) is 32.2 Å². The Morgan fingerprint density at radius 3 is 2.59 bits per heavy atom. The number of rotatable bonds is 5. The lowest BCUT2D eigenvalue weighted by molar-refractivity contribution is 0.0293. The van der Waals surface area contributed by atoms with Gasteiger partial charge < -0.3 is 5.11 Å². The van der Waals surface area contributed by atoms with Crippen LogP contribution in [0.1, 0.15) is 39.5 Å². The van der Waals surface area contributed by atoms with Crippen molar-refractivity contribution in [2.24, 2.45) is 5.41 Å². The van der Waals surface area contributed by atoms with Gasteiger partial charge in [-0.25, -0.2) is 0 Å². The molecular weight excluding hydrogens is 212 g/mol. The topological polar surface area (TPSA) is 26.7 Å². The van der Waals surface area contributed by atoms with Gasteiger partial charge in [-0.2, -0.15) is 0 Å². The summed E-state index contributed by atoms with van der Waals surface area (Å²) >= 11 is 0. The van der Waals surface area contributed by atoms with Crippen LogP contribution in [0.4, 0.5) is 0 Å². The summed E-state index contributed by atoms with van der Waals surface area (Å²) in [5.74, 6) is 0. The Labute approximate surface area is 106 Å². The highest BCUT2D eigenvalue weighted by molar-refractivity contribution is 4.89. The van der Waals surface area contributed by atoms with Crippen LogP contribution in [0.5, 0.6) is 0 Å². The zero-order valence-electron chi connectivity index (χ0n) is 11.5. The SMILES string of the molecule is CCC(CC)(CO)CN1CCN2CCCC2C1. The summed E-state index contributed by atoms with van der Waals surface area (Å²) in [4.78, 5) is 5.24. The lowest BCUT2D eigenvalue weighted by Crippen LogP contribution is -2.53. The molecule has 100 valence electrons. The lowest BCUT2D eigenvalue weighted by atomic mass is 9.82. The molecule has 0 saturated carbocycles. The number of hydrogen-bond acceptors (Lipinski definition) is 3. The Morgan fingerprint density at radius 2 is 1.94 bits per heavy atom. The molecule has 2 heterocycles. The number of nitrogens with zero attached hydrogens (tertiary/aromatic N) is 2. The Balaban J connectivity index is 1.90. The zero-order valence-corrected chi connectivity index (χ0v) is 11.5. The summed E-state index contributed by atoms with van der Waals surface area (Å²) in [6.07, 6.45) is 4.93. The van der Waals surface area contributed by atoms with E-state index in [4.69, 9.17) is 0 Å². The Hall–Kier alpha value is -0.120. The van der Waals surface area contributed by atoms with Crippen LogP contribution in [-0.2, 0) is 0 Å². The van der Waals surface area contributed by atoms with Gasteiger partial charge in [-0.15, -0.1) is 0 Å². The molecule has 2 rings (SSSR count). The Bertz CT molecular complexity index is 232. The van der Waals surface area contributed by atoms with Crippen molar-refractivity contribution in [3.8, 4) is 0 Å². The van der Waals surface area contributed by atoms with E-state index in [0.29, 0.717) is 6.61 Å². The van der Waals surface area contributed by atoms with Crippen molar-refractivity contribution in [1.29, 1.82) is 0 Å². The molecule has 3 nitrogen and oxygen atoms in total. The molecule has 2 aliphatic rings. The predicted molar refractivity (Wildman–Crippen MR) is 71.1 cm³/mol. The summed E-state index contributed by atoms with van der Waals surface area (Å²) in [7, 11) is 0. The first kappa shape index (κ1) is 13.3. The van der Waals surface area contributed by atoms with Gasteiger partial charge in [0.2, 0.25) is 0 Å². The van der Waals surface area contributed by atoms with Gasteiger partial charge >= 0.3 is 0 Å². The van der Waals surface area contributed by atoms with Crippen molar-refractivity contribution in [2.45, 2.75) is 45.6 Å². The van der Waals surface area contributed by atoms with Gasteiger partial charge in [0.05, 0.1) is 0 Å². The van der Waals surface area contributed by atoms with Crippen LogP contribution in [0.2, 0.25) is 0 Å². The third-order valence-corrected chi connectivity index (χ3v) is 5.07. The van der Waals surface area contributed by atoms with E-state index >= 15 is 0 Å². The van der Waals surface area contributed by atoms with Gasteiger partial charge in [0.25, 0.3) is 0 Å². The second-order valence-electron chi connectivity index (χ2n) is 5.93. The average molecular weight is 240 g/mol. The molecule has 1 atom stereocenters. The summed E-state index contributed by atoms with van der Waals surface area (Å²) in [5.41, 5.74) is 0.140. The van der Waals surface area contributed by atoms with Gasteiger partial charge in [-0.3, -0.25) is 9.80 Å². The highest BCUT2D eigenvalue weighted by Gasteiger charge is 2.34. The summed E-state index contributed by atoms with van der Waals surface area (Å²) < 4.78 is 0.